The number of methoxy groups -OCH3 is 1. The number of nitrogens with two attached hydrogens (primary N) is 1. The largest absolute Gasteiger partial charge is 0.487 e. The van der Waals surface area contributed by atoms with Crippen LogP contribution in [0.4, 0.5) is 19.3 Å². The molecule has 0 bridgehead atoms. The number of benzene rings is 2. The number of rotatable bonds is 12. The van der Waals surface area contributed by atoms with Crippen LogP contribution in [0.15, 0.2) is 77.7 Å². The smallest absolute Gasteiger partial charge is 0.407 e. The summed E-state index contributed by atoms with van der Waals surface area (Å²) in [6.07, 6.45) is 3.68. The van der Waals surface area contributed by atoms with Crippen LogP contribution >= 0.6 is 0 Å². The topological polar surface area (TPSA) is 158 Å². The number of para-hydroxylation sites is 1. The summed E-state index contributed by atoms with van der Waals surface area (Å²) in [6.45, 7) is -0.000945. The maximum Gasteiger partial charge on any atom is 0.407 e. The Bertz CT molecular complexity index is 1730. The van der Waals surface area contributed by atoms with E-state index in [0.29, 0.717) is 17.0 Å². The third kappa shape index (κ3) is 8.06. The van der Waals surface area contributed by atoms with Crippen LogP contribution in [0.5, 0.6) is 5.75 Å². The Kier molecular flexibility index (Phi) is 9.89. The highest BCUT2D eigenvalue weighted by Gasteiger charge is 2.22. The third-order valence-corrected chi connectivity index (χ3v) is 6.39. The third-order valence-electron chi connectivity index (χ3n) is 6.39. The summed E-state index contributed by atoms with van der Waals surface area (Å²) in [5, 5.41) is 5.74. The number of ether oxygens (including phenoxy) is 2. The van der Waals surface area contributed by atoms with E-state index in [0.717, 1.165) is 30.7 Å². The van der Waals surface area contributed by atoms with Gasteiger partial charge in [0.25, 0.3) is 5.56 Å². The Morgan fingerprint density at radius 1 is 1.12 bits per heavy atom. The zero-order valence-corrected chi connectivity index (χ0v) is 23.1. The van der Waals surface area contributed by atoms with Gasteiger partial charge in [-0.3, -0.25) is 14.4 Å². The number of carbonyl (C=O) groups is 3. The van der Waals surface area contributed by atoms with E-state index in [9.17, 15) is 28.0 Å². The first-order valence-electron chi connectivity index (χ1n) is 13.1. The number of allylic oxidation sites excluding steroid dienone is 1. The molecule has 13 heteroatoms. The van der Waals surface area contributed by atoms with Crippen molar-refractivity contribution in [2.24, 2.45) is 5.73 Å². The van der Waals surface area contributed by atoms with Crippen molar-refractivity contribution in [1.82, 2.24) is 14.9 Å². The molecule has 0 saturated carbocycles. The number of carbonyl (C=O) groups excluding carboxylic acids is 3. The summed E-state index contributed by atoms with van der Waals surface area (Å²) in [4.78, 5) is 52.1. The van der Waals surface area contributed by atoms with E-state index in [1.807, 2.05) is 12.1 Å². The van der Waals surface area contributed by atoms with Crippen molar-refractivity contribution in [3.05, 3.63) is 106 Å². The fourth-order valence-corrected chi connectivity index (χ4v) is 4.28. The Morgan fingerprint density at radius 3 is 2.67 bits per heavy atom. The van der Waals surface area contributed by atoms with E-state index in [2.05, 4.69) is 20.4 Å². The molecule has 224 valence electrons. The van der Waals surface area contributed by atoms with Gasteiger partial charge in [-0.25, -0.2) is 13.6 Å². The number of halogens is 2. The van der Waals surface area contributed by atoms with Crippen molar-refractivity contribution < 1.29 is 32.6 Å². The molecule has 5 N–H and O–H groups in total. The SMILES string of the molecule is COC(=O)N[C@@H](CC/C=C/C(N)=O)C(=O)Nc1cccn(Cc2cc3cccc(OCc4ccc(F)cc4F)c3[nH]2)c1=O. The highest BCUT2D eigenvalue weighted by Crippen LogP contribution is 2.27. The first kappa shape index (κ1) is 30.5. The molecule has 2 aromatic carbocycles. The predicted molar refractivity (Wildman–Crippen MR) is 154 cm³/mol. The fraction of sp³-hybridized carbons (Fsp3) is 0.200. The summed E-state index contributed by atoms with van der Waals surface area (Å²) >= 11 is 0. The minimum absolute atomic E-state index is 0.0155. The summed E-state index contributed by atoms with van der Waals surface area (Å²) in [5.74, 6) is -2.25. The number of anilines is 1. The van der Waals surface area contributed by atoms with Gasteiger partial charge in [0.15, 0.2) is 0 Å². The second-order valence-electron chi connectivity index (χ2n) is 9.45. The number of pyridine rings is 1. The Hall–Kier alpha value is -5.46. The van der Waals surface area contributed by atoms with E-state index in [4.69, 9.17) is 10.5 Å². The molecule has 43 heavy (non-hydrogen) atoms. The molecule has 3 amide bonds. The standard InChI is InChI=1S/C30H29F2N5O6/c1-42-30(41)36-23(7-2-3-10-26(33)38)28(39)35-24-8-5-13-37(29(24)40)16-21-14-18-6-4-9-25(27(18)34-21)43-17-19-11-12-20(31)15-22(19)32/h3-6,8-15,23,34H,2,7,16-17H2,1H3,(H2,33,38)(H,35,39)(H,36,41)/b10-3+/t23-/m0/s1. The van der Waals surface area contributed by atoms with E-state index in [-0.39, 0.29) is 37.2 Å². The van der Waals surface area contributed by atoms with Gasteiger partial charge >= 0.3 is 6.09 Å². The monoisotopic (exact) mass is 593 g/mol. The highest BCUT2D eigenvalue weighted by atomic mass is 19.1. The molecule has 1 atom stereocenters. The second kappa shape index (κ2) is 13.9. The van der Waals surface area contributed by atoms with E-state index < -0.39 is 41.1 Å². The lowest BCUT2D eigenvalue weighted by molar-refractivity contribution is -0.118. The average Bonchev–Trinajstić information content (AvgIpc) is 3.39. The van der Waals surface area contributed by atoms with Crippen LogP contribution in [0.1, 0.15) is 24.1 Å². The van der Waals surface area contributed by atoms with Crippen molar-refractivity contribution in [1.29, 1.82) is 0 Å². The lowest BCUT2D eigenvalue weighted by Crippen LogP contribution is -2.44. The molecule has 0 radical (unpaired) electrons. The molecule has 0 aliphatic heterocycles. The number of hydrogen-bond donors (Lipinski definition) is 4. The lowest BCUT2D eigenvalue weighted by atomic mass is 10.1. The molecule has 4 aromatic rings. The fourth-order valence-electron chi connectivity index (χ4n) is 4.28. The van der Waals surface area contributed by atoms with Crippen molar-refractivity contribution >= 4 is 34.5 Å². The van der Waals surface area contributed by atoms with E-state index in [1.165, 1.54) is 22.8 Å². The number of primary amides is 1. The molecule has 0 fully saturated rings. The predicted octanol–water partition coefficient (Wildman–Crippen LogP) is 3.72. The lowest BCUT2D eigenvalue weighted by Gasteiger charge is -2.17. The van der Waals surface area contributed by atoms with Crippen molar-refractivity contribution in [2.75, 3.05) is 12.4 Å². The number of aromatic nitrogens is 2. The van der Waals surface area contributed by atoms with Crippen LogP contribution in [0.2, 0.25) is 0 Å². The van der Waals surface area contributed by atoms with Crippen LogP contribution < -0.4 is 26.7 Å². The maximum atomic E-state index is 14.0. The summed E-state index contributed by atoms with van der Waals surface area (Å²) in [7, 11) is 1.15. The number of aromatic amines is 1. The molecule has 0 saturated heterocycles. The van der Waals surface area contributed by atoms with Gasteiger partial charge < -0.3 is 35.4 Å². The van der Waals surface area contributed by atoms with Gasteiger partial charge in [-0.2, -0.15) is 0 Å². The Morgan fingerprint density at radius 2 is 1.93 bits per heavy atom. The summed E-state index contributed by atoms with van der Waals surface area (Å²) in [6, 6.07) is 12.4. The number of alkyl carbamates (subject to hydrolysis) is 1. The van der Waals surface area contributed by atoms with Gasteiger partial charge in [-0.05, 0) is 55.3 Å². The average molecular weight is 594 g/mol. The van der Waals surface area contributed by atoms with Gasteiger partial charge in [-0.15, -0.1) is 0 Å². The first-order valence-corrected chi connectivity index (χ1v) is 13.1. The normalized spacial score (nSPS) is 11.8. The van der Waals surface area contributed by atoms with Crippen molar-refractivity contribution in [2.45, 2.75) is 32.0 Å². The minimum Gasteiger partial charge on any atom is -0.487 e. The molecule has 0 unspecified atom stereocenters. The van der Waals surface area contributed by atoms with Crippen molar-refractivity contribution in [3.8, 4) is 5.75 Å². The number of nitrogens with one attached hydrogen (secondary N) is 3. The number of fused-ring (bicyclic) bond motifs is 1. The number of nitrogens with zero attached hydrogens (tertiary/aromatic N) is 1. The molecule has 11 nitrogen and oxygen atoms in total. The summed E-state index contributed by atoms with van der Waals surface area (Å²) in [5.41, 5.74) is 6.03. The minimum atomic E-state index is -1.06. The molecule has 2 heterocycles. The zero-order valence-electron chi connectivity index (χ0n) is 23.1. The van der Waals surface area contributed by atoms with Crippen LogP contribution in [0, 0.1) is 11.6 Å². The number of amides is 3. The van der Waals surface area contributed by atoms with Gasteiger partial charge in [0.2, 0.25) is 11.8 Å². The molecule has 0 aliphatic carbocycles. The molecular formula is C30H29F2N5O6. The Balaban J connectivity index is 1.48. The van der Waals surface area contributed by atoms with Gasteiger partial charge in [-0.1, -0.05) is 18.2 Å². The van der Waals surface area contributed by atoms with Crippen LogP contribution in [-0.2, 0) is 27.5 Å². The summed E-state index contributed by atoms with van der Waals surface area (Å²) < 4.78 is 39.0. The second-order valence-corrected chi connectivity index (χ2v) is 9.45. The van der Waals surface area contributed by atoms with E-state index in [1.54, 1.807) is 24.4 Å². The Labute approximate surface area is 244 Å². The van der Waals surface area contributed by atoms with Gasteiger partial charge in [0.05, 0.1) is 19.2 Å². The van der Waals surface area contributed by atoms with Crippen LogP contribution in [-0.4, -0.2) is 40.6 Å². The maximum absolute atomic E-state index is 14.0. The highest BCUT2D eigenvalue weighted by molar-refractivity contribution is 5.96. The van der Waals surface area contributed by atoms with Crippen molar-refractivity contribution in [3.63, 3.8) is 0 Å². The molecule has 0 aliphatic rings. The first-order chi connectivity index (χ1) is 20.6. The number of hydrogen-bond acceptors (Lipinski definition) is 6. The molecule has 0 spiro atoms. The van der Waals surface area contributed by atoms with E-state index >= 15 is 0 Å². The van der Waals surface area contributed by atoms with Gasteiger partial charge in [0.1, 0.15) is 35.7 Å². The number of H-pyrrole nitrogens is 1. The van der Waals surface area contributed by atoms with Crippen LogP contribution in [0.3, 0.4) is 0 Å². The quantitative estimate of drug-likeness (QED) is 0.183. The van der Waals surface area contributed by atoms with Gasteiger partial charge in [0, 0.05) is 28.9 Å². The van der Waals surface area contributed by atoms with Crippen LogP contribution in [0.25, 0.3) is 10.9 Å². The molecule has 2 aromatic heterocycles. The molecule has 4 rings (SSSR count). The zero-order chi connectivity index (χ0) is 30.9. The molecular weight excluding hydrogens is 564 g/mol.